The average Bonchev–Trinajstić information content (AvgIpc) is 2.00. The first kappa shape index (κ1) is 10.4. The molecule has 0 atom stereocenters. The van der Waals surface area contributed by atoms with Gasteiger partial charge in [0.2, 0.25) is 0 Å². The summed E-state index contributed by atoms with van der Waals surface area (Å²) in [5.41, 5.74) is 6.58. The van der Waals surface area contributed by atoms with Gasteiger partial charge in [-0.3, -0.25) is 4.72 Å². The lowest BCUT2D eigenvalue weighted by Gasteiger charge is -2.19. The van der Waals surface area contributed by atoms with Crippen LogP contribution in [0.15, 0.2) is 29.2 Å². The van der Waals surface area contributed by atoms with E-state index in [1.54, 1.807) is 11.9 Å². The summed E-state index contributed by atoms with van der Waals surface area (Å²) >= 11 is 1.61. The summed E-state index contributed by atoms with van der Waals surface area (Å²) < 4.78 is 3.33. The van der Waals surface area contributed by atoms with Crippen LogP contribution in [0.2, 0.25) is 0 Å². The van der Waals surface area contributed by atoms with Gasteiger partial charge >= 0.3 is 0 Å². The van der Waals surface area contributed by atoms with Gasteiger partial charge in [0, 0.05) is 16.1 Å². The Balaban J connectivity index is 2.55. The predicted molar refractivity (Wildman–Crippen MR) is 59.6 cm³/mol. The summed E-state index contributed by atoms with van der Waals surface area (Å²) in [4.78, 5) is 1.15. The van der Waals surface area contributed by atoms with Crippen LogP contribution in [0.3, 0.4) is 0 Å². The van der Waals surface area contributed by atoms with Crippen LogP contribution in [0, 0.1) is 0 Å². The molecule has 3 heteroatoms. The molecule has 13 heavy (non-hydrogen) atoms. The van der Waals surface area contributed by atoms with E-state index in [2.05, 4.69) is 25.5 Å². The molecule has 0 unspecified atom stereocenters. The first-order valence-electron chi connectivity index (χ1n) is 4.27. The molecule has 0 amide bonds. The third kappa shape index (κ3) is 4.20. The van der Waals surface area contributed by atoms with Gasteiger partial charge < -0.3 is 5.73 Å². The van der Waals surface area contributed by atoms with E-state index in [0.717, 1.165) is 10.6 Å². The number of nitrogens with two attached hydrogens (primary N) is 1. The van der Waals surface area contributed by atoms with Crippen molar-refractivity contribution in [3.8, 4) is 0 Å². The summed E-state index contributed by atoms with van der Waals surface area (Å²) in [5, 5.41) is 0. The summed E-state index contributed by atoms with van der Waals surface area (Å²) in [6.07, 6.45) is 0. The third-order valence-corrected chi connectivity index (χ3v) is 2.54. The Morgan fingerprint density at radius 3 is 2.54 bits per heavy atom. The maximum atomic E-state index is 5.66. The standard InChI is InChI=1S/C10H16N2S/c1-10(2,3)12-13-9-6-4-5-8(11)7-9/h4-7,12H,11H2,1-3H3. The normalized spacial score (nSPS) is 11.6. The second-order valence-electron chi connectivity index (χ2n) is 4.03. The van der Waals surface area contributed by atoms with E-state index >= 15 is 0 Å². The molecule has 0 aliphatic rings. The summed E-state index contributed by atoms with van der Waals surface area (Å²) in [6, 6.07) is 7.85. The fourth-order valence-corrected chi connectivity index (χ4v) is 1.56. The fraction of sp³-hybridized carbons (Fsp3) is 0.400. The number of benzene rings is 1. The number of hydrogen-bond acceptors (Lipinski definition) is 3. The Morgan fingerprint density at radius 2 is 2.00 bits per heavy atom. The molecule has 0 spiro atoms. The summed E-state index contributed by atoms with van der Waals surface area (Å²) in [5.74, 6) is 0. The minimum Gasteiger partial charge on any atom is -0.399 e. The van der Waals surface area contributed by atoms with Crippen molar-refractivity contribution >= 4 is 17.6 Å². The number of nitrogen functional groups attached to an aromatic ring is 1. The van der Waals surface area contributed by atoms with E-state index < -0.39 is 0 Å². The van der Waals surface area contributed by atoms with Gasteiger partial charge in [-0.2, -0.15) is 0 Å². The summed E-state index contributed by atoms with van der Waals surface area (Å²) in [7, 11) is 0. The molecule has 0 saturated carbocycles. The number of rotatable bonds is 2. The lowest BCUT2D eigenvalue weighted by Crippen LogP contribution is -2.29. The molecule has 72 valence electrons. The molecule has 3 N–H and O–H groups in total. The first-order chi connectivity index (χ1) is 5.97. The Bertz CT molecular complexity index is 278. The zero-order valence-corrected chi connectivity index (χ0v) is 9.11. The molecule has 0 aliphatic carbocycles. The van der Waals surface area contributed by atoms with Crippen LogP contribution < -0.4 is 10.5 Å². The molecule has 0 saturated heterocycles. The molecule has 0 heterocycles. The van der Waals surface area contributed by atoms with Crippen LogP contribution in [0.5, 0.6) is 0 Å². The number of anilines is 1. The van der Waals surface area contributed by atoms with Crippen molar-refractivity contribution in [1.29, 1.82) is 0 Å². The van der Waals surface area contributed by atoms with Gasteiger partial charge in [0.05, 0.1) is 0 Å². The molecule has 1 rings (SSSR count). The second-order valence-corrected chi connectivity index (χ2v) is 4.91. The fourth-order valence-electron chi connectivity index (χ4n) is 0.790. The highest BCUT2D eigenvalue weighted by Crippen LogP contribution is 2.19. The van der Waals surface area contributed by atoms with Gasteiger partial charge in [-0.1, -0.05) is 6.07 Å². The molecular formula is C10H16N2S. The molecule has 1 aromatic carbocycles. The molecule has 0 aromatic heterocycles. The van der Waals surface area contributed by atoms with Crippen molar-refractivity contribution in [2.75, 3.05) is 5.73 Å². The Kier molecular flexibility index (Phi) is 3.22. The third-order valence-electron chi connectivity index (χ3n) is 1.33. The van der Waals surface area contributed by atoms with E-state index in [4.69, 9.17) is 5.73 Å². The molecule has 1 aromatic rings. The monoisotopic (exact) mass is 196 g/mol. The highest BCUT2D eigenvalue weighted by molar-refractivity contribution is 7.97. The smallest absolute Gasteiger partial charge is 0.0325 e. The molecule has 0 bridgehead atoms. The molecule has 0 radical (unpaired) electrons. The van der Waals surface area contributed by atoms with Crippen LogP contribution >= 0.6 is 11.9 Å². The lowest BCUT2D eigenvalue weighted by molar-refractivity contribution is 0.535. The minimum atomic E-state index is 0.120. The Labute approximate surface area is 84.0 Å². The topological polar surface area (TPSA) is 38.0 Å². The zero-order chi connectivity index (χ0) is 9.90. The van der Waals surface area contributed by atoms with Crippen LogP contribution in [0.1, 0.15) is 20.8 Å². The van der Waals surface area contributed by atoms with Crippen molar-refractivity contribution in [3.63, 3.8) is 0 Å². The van der Waals surface area contributed by atoms with Crippen molar-refractivity contribution < 1.29 is 0 Å². The maximum absolute atomic E-state index is 5.66. The van der Waals surface area contributed by atoms with Gasteiger partial charge in [-0.15, -0.1) is 0 Å². The second kappa shape index (κ2) is 4.03. The van der Waals surface area contributed by atoms with Crippen LogP contribution in [0.25, 0.3) is 0 Å². The van der Waals surface area contributed by atoms with Crippen LogP contribution in [-0.2, 0) is 0 Å². The van der Waals surface area contributed by atoms with Crippen molar-refractivity contribution in [2.45, 2.75) is 31.2 Å². The molecule has 0 fully saturated rings. The van der Waals surface area contributed by atoms with E-state index in [-0.39, 0.29) is 5.54 Å². The molecule has 2 nitrogen and oxygen atoms in total. The molecular weight excluding hydrogens is 180 g/mol. The minimum absolute atomic E-state index is 0.120. The zero-order valence-electron chi connectivity index (χ0n) is 8.29. The van der Waals surface area contributed by atoms with Crippen LogP contribution in [0.4, 0.5) is 5.69 Å². The first-order valence-corrected chi connectivity index (χ1v) is 5.08. The maximum Gasteiger partial charge on any atom is 0.0325 e. The Hall–Kier alpha value is -0.670. The van der Waals surface area contributed by atoms with Gasteiger partial charge in [-0.05, 0) is 50.9 Å². The lowest BCUT2D eigenvalue weighted by atomic mass is 10.1. The van der Waals surface area contributed by atoms with Gasteiger partial charge in [-0.25, -0.2) is 0 Å². The van der Waals surface area contributed by atoms with Crippen molar-refractivity contribution in [1.82, 2.24) is 4.72 Å². The van der Waals surface area contributed by atoms with Gasteiger partial charge in [0.1, 0.15) is 0 Å². The van der Waals surface area contributed by atoms with Gasteiger partial charge in [0.15, 0.2) is 0 Å². The van der Waals surface area contributed by atoms with E-state index in [1.807, 2.05) is 24.3 Å². The highest BCUT2D eigenvalue weighted by Gasteiger charge is 2.08. The predicted octanol–water partition coefficient (Wildman–Crippen LogP) is 2.66. The van der Waals surface area contributed by atoms with E-state index in [1.165, 1.54) is 0 Å². The quantitative estimate of drug-likeness (QED) is 0.564. The van der Waals surface area contributed by atoms with Gasteiger partial charge in [0.25, 0.3) is 0 Å². The summed E-state index contributed by atoms with van der Waals surface area (Å²) in [6.45, 7) is 6.39. The largest absolute Gasteiger partial charge is 0.399 e. The SMILES string of the molecule is CC(C)(C)NSc1cccc(N)c1. The van der Waals surface area contributed by atoms with Crippen LogP contribution in [-0.4, -0.2) is 5.54 Å². The highest BCUT2D eigenvalue weighted by atomic mass is 32.2. The Morgan fingerprint density at radius 1 is 1.31 bits per heavy atom. The van der Waals surface area contributed by atoms with Crippen molar-refractivity contribution in [2.24, 2.45) is 0 Å². The van der Waals surface area contributed by atoms with E-state index in [9.17, 15) is 0 Å². The van der Waals surface area contributed by atoms with Crippen molar-refractivity contribution in [3.05, 3.63) is 24.3 Å². The number of nitrogens with one attached hydrogen (secondary N) is 1. The molecule has 0 aliphatic heterocycles. The van der Waals surface area contributed by atoms with E-state index in [0.29, 0.717) is 0 Å². The average molecular weight is 196 g/mol. The number of hydrogen-bond donors (Lipinski definition) is 2.